The summed E-state index contributed by atoms with van der Waals surface area (Å²) in [6.07, 6.45) is 6.48. The largest absolute Gasteiger partial charge is 0.321 e. The normalized spacial score (nSPS) is 9.48. The summed E-state index contributed by atoms with van der Waals surface area (Å²) in [6.45, 7) is 2.05. The predicted molar refractivity (Wildman–Crippen MR) is 97.4 cm³/mol. The van der Waals surface area contributed by atoms with Crippen LogP contribution in [-0.4, -0.2) is 14.3 Å². The molecule has 5 heteroatoms. The van der Waals surface area contributed by atoms with Gasteiger partial charge in [0.25, 0.3) is 0 Å². The summed E-state index contributed by atoms with van der Waals surface area (Å²) in [6, 6.07) is 20.8. The second kappa shape index (κ2) is 9.94. The maximum Gasteiger partial charge on any atom is 0.0160 e. The fraction of sp³-hybridized carbons (Fsp3) is 0.0500. The number of pyridine rings is 2. The van der Waals surface area contributed by atoms with Gasteiger partial charge in [-0.3, -0.25) is 4.37 Å². The molecule has 127 valence electrons. The van der Waals surface area contributed by atoms with Crippen LogP contribution in [0.4, 0.5) is 0 Å². The summed E-state index contributed by atoms with van der Waals surface area (Å²) in [5.41, 5.74) is 5.14. The average Bonchev–Trinajstić information content (AvgIpc) is 3.19. The van der Waals surface area contributed by atoms with E-state index in [2.05, 4.69) is 26.6 Å². The summed E-state index contributed by atoms with van der Waals surface area (Å²) in [5.74, 6) is 0. The third kappa shape index (κ3) is 5.68. The molecule has 0 N–H and O–H groups in total. The molecule has 0 unspecified atom stereocenters. The van der Waals surface area contributed by atoms with Crippen molar-refractivity contribution in [2.24, 2.45) is 0 Å². The Hall–Kier alpha value is -2.20. The van der Waals surface area contributed by atoms with Crippen LogP contribution in [0.3, 0.4) is 0 Å². The van der Waals surface area contributed by atoms with E-state index in [0.29, 0.717) is 0 Å². The SMILES string of the molecule is Cc1ccnc(-c2[c-]nsc2)c1.[Ir].[c-]1ccccc1-c1ccccn1. The summed E-state index contributed by atoms with van der Waals surface area (Å²) >= 11 is 1.39. The van der Waals surface area contributed by atoms with Gasteiger partial charge < -0.3 is 9.97 Å². The third-order valence-electron chi connectivity index (χ3n) is 3.23. The van der Waals surface area contributed by atoms with Gasteiger partial charge in [-0.15, -0.1) is 53.0 Å². The van der Waals surface area contributed by atoms with Crippen LogP contribution in [-0.2, 0) is 20.1 Å². The molecule has 0 saturated heterocycles. The monoisotopic (exact) mass is 522 g/mol. The molecule has 3 aromatic heterocycles. The third-order valence-corrected chi connectivity index (χ3v) is 3.77. The van der Waals surface area contributed by atoms with Gasteiger partial charge in [-0.05, 0) is 30.4 Å². The molecule has 0 bridgehead atoms. The van der Waals surface area contributed by atoms with E-state index in [4.69, 9.17) is 0 Å². The Morgan fingerprint density at radius 2 is 1.72 bits per heavy atom. The molecule has 0 amide bonds. The zero-order valence-corrected chi connectivity index (χ0v) is 16.7. The van der Waals surface area contributed by atoms with E-state index in [1.54, 1.807) is 12.4 Å². The van der Waals surface area contributed by atoms with E-state index in [1.165, 1.54) is 17.1 Å². The van der Waals surface area contributed by atoms with Crippen molar-refractivity contribution in [3.63, 3.8) is 0 Å². The van der Waals surface area contributed by atoms with Crippen LogP contribution in [0.2, 0.25) is 0 Å². The van der Waals surface area contributed by atoms with Crippen molar-refractivity contribution in [1.82, 2.24) is 14.3 Å². The van der Waals surface area contributed by atoms with Crippen molar-refractivity contribution in [1.29, 1.82) is 0 Å². The minimum absolute atomic E-state index is 0. The van der Waals surface area contributed by atoms with E-state index < -0.39 is 0 Å². The van der Waals surface area contributed by atoms with E-state index in [9.17, 15) is 0 Å². The summed E-state index contributed by atoms with van der Waals surface area (Å²) in [4.78, 5) is 8.44. The molecule has 0 spiro atoms. The minimum Gasteiger partial charge on any atom is -0.321 e. The first-order chi connectivity index (χ1) is 11.8. The second-order valence-electron chi connectivity index (χ2n) is 5.05. The molecular weight excluding hydrogens is 507 g/mol. The van der Waals surface area contributed by atoms with E-state index in [1.807, 2.05) is 66.9 Å². The van der Waals surface area contributed by atoms with Crippen LogP contribution in [0.25, 0.3) is 22.5 Å². The fourth-order valence-corrected chi connectivity index (χ4v) is 2.54. The molecule has 3 heterocycles. The number of nitrogens with zero attached hydrogens (tertiary/aromatic N) is 3. The summed E-state index contributed by atoms with van der Waals surface area (Å²) < 4.78 is 3.90. The maximum atomic E-state index is 4.22. The Morgan fingerprint density at radius 3 is 2.36 bits per heavy atom. The van der Waals surface area contributed by atoms with Gasteiger partial charge in [0, 0.05) is 32.5 Å². The van der Waals surface area contributed by atoms with Crippen LogP contribution in [0.15, 0.2) is 72.4 Å². The van der Waals surface area contributed by atoms with Gasteiger partial charge in [0.15, 0.2) is 0 Å². The van der Waals surface area contributed by atoms with Crippen molar-refractivity contribution in [3.05, 3.63) is 90.2 Å². The minimum atomic E-state index is 0. The molecular formula is C20H15IrN3S-2. The smallest absolute Gasteiger partial charge is 0.0160 e. The zero-order valence-electron chi connectivity index (χ0n) is 13.5. The summed E-state index contributed by atoms with van der Waals surface area (Å²) in [7, 11) is 0. The molecule has 0 saturated carbocycles. The Balaban J connectivity index is 0.000000173. The van der Waals surface area contributed by atoms with Crippen molar-refractivity contribution in [3.8, 4) is 22.5 Å². The molecule has 0 aliphatic carbocycles. The Bertz CT molecular complexity index is 828. The molecule has 0 aliphatic heterocycles. The van der Waals surface area contributed by atoms with Crippen LogP contribution in [0.1, 0.15) is 5.56 Å². The predicted octanol–water partition coefficient (Wildman–Crippen LogP) is 4.86. The second-order valence-corrected chi connectivity index (χ2v) is 5.68. The molecule has 0 aliphatic rings. The van der Waals surface area contributed by atoms with Gasteiger partial charge in [0.1, 0.15) is 0 Å². The molecule has 0 fully saturated rings. The zero-order chi connectivity index (χ0) is 16.6. The average molecular weight is 522 g/mol. The molecule has 1 radical (unpaired) electrons. The van der Waals surface area contributed by atoms with Crippen molar-refractivity contribution < 1.29 is 20.1 Å². The van der Waals surface area contributed by atoms with Gasteiger partial charge in [-0.1, -0.05) is 35.3 Å². The molecule has 3 nitrogen and oxygen atoms in total. The van der Waals surface area contributed by atoms with Crippen LogP contribution in [0, 0.1) is 19.2 Å². The molecule has 4 aromatic rings. The molecule has 1 aromatic carbocycles. The number of aromatic nitrogens is 3. The number of aryl methyl sites for hydroxylation is 1. The number of rotatable bonds is 2. The standard InChI is InChI=1S/C11H8N.C9H7N2S.Ir/c1-2-6-10(7-3-1)11-8-4-5-9-12-11;1-7-2-3-10-9(4-7)8-5-11-12-6-8;/h1-6,8-9H;2-4,6H,1H3;/q2*-1;. The number of hydrogen-bond donors (Lipinski definition) is 0. The Morgan fingerprint density at radius 1 is 0.880 bits per heavy atom. The van der Waals surface area contributed by atoms with E-state index >= 15 is 0 Å². The number of benzene rings is 1. The van der Waals surface area contributed by atoms with Crippen molar-refractivity contribution in [2.75, 3.05) is 0 Å². The van der Waals surface area contributed by atoms with Crippen LogP contribution >= 0.6 is 11.5 Å². The van der Waals surface area contributed by atoms with Gasteiger partial charge in [-0.2, -0.15) is 0 Å². The topological polar surface area (TPSA) is 38.7 Å². The Labute approximate surface area is 165 Å². The molecule has 0 atom stereocenters. The van der Waals surface area contributed by atoms with Gasteiger partial charge in [0.05, 0.1) is 0 Å². The van der Waals surface area contributed by atoms with E-state index in [-0.39, 0.29) is 20.1 Å². The first kappa shape index (κ1) is 19.1. The first-order valence-corrected chi connectivity index (χ1v) is 8.30. The summed E-state index contributed by atoms with van der Waals surface area (Å²) in [5, 5.41) is 1.95. The number of hydrogen-bond acceptors (Lipinski definition) is 4. The first-order valence-electron chi connectivity index (χ1n) is 7.46. The van der Waals surface area contributed by atoms with Gasteiger partial charge >= 0.3 is 0 Å². The van der Waals surface area contributed by atoms with Gasteiger partial charge in [-0.25, -0.2) is 0 Å². The van der Waals surface area contributed by atoms with Crippen molar-refractivity contribution >= 4 is 11.5 Å². The molecule has 25 heavy (non-hydrogen) atoms. The van der Waals surface area contributed by atoms with Gasteiger partial charge in [0.2, 0.25) is 0 Å². The van der Waals surface area contributed by atoms with E-state index in [0.717, 1.165) is 22.5 Å². The maximum absolute atomic E-state index is 4.22. The van der Waals surface area contributed by atoms with Crippen LogP contribution < -0.4 is 0 Å². The molecule has 4 rings (SSSR count). The van der Waals surface area contributed by atoms with Crippen molar-refractivity contribution in [2.45, 2.75) is 6.92 Å². The van der Waals surface area contributed by atoms with Crippen LogP contribution in [0.5, 0.6) is 0 Å². The fourth-order valence-electron chi connectivity index (χ4n) is 2.06. The quantitative estimate of drug-likeness (QED) is 0.354. The Kier molecular flexibility index (Phi) is 7.61.